The highest BCUT2D eigenvalue weighted by molar-refractivity contribution is 5.73. The van der Waals surface area contributed by atoms with Gasteiger partial charge in [0, 0.05) is 38.6 Å². The Morgan fingerprint density at radius 2 is 1.96 bits per heavy atom. The molecule has 2 aromatic rings. The molecule has 7 heteroatoms. The van der Waals surface area contributed by atoms with Crippen molar-refractivity contribution >= 4 is 17.5 Å². The largest absolute Gasteiger partial charge is 0.343 e. The molecule has 0 atom stereocenters. The quantitative estimate of drug-likeness (QED) is 0.927. The van der Waals surface area contributed by atoms with Gasteiger partial charge in [-0.2, -0.15) is 0 Å². The van der Waals surface area contributed by atoms with Crippen molar-refractivity contribution in [2.75, 3.05) is 18.4 Å². The zero-order valence-corrected chi connectivity index (χ0v) is 13.1. The van der Waals surface area contributed by atoms with Crippen LogP contribution in [0.25, 0.3) is 0 Å². The fourth-order valence-electron chi connectivity index (χ4n) is 2.81. The second kappa shape index (κ2) is 7.13. The van der Waals surface area contributed by atoms with Crippen LogP contribution in [0.1, 0.15) is 25.5 Å². The first-order valence-corrected chi connectivity index (χ1v) is 7.80. The highest BCUT2D eigenvalue weighted by Gasteiger charge is 2.21. The average molecular weight is 312 g/mol. The molecule has 0 spiro atoms. The molecule has 0 saturated carbocycles. The third kappa shape index (κ3) is 4.21. The van der Waals surface area contributed by atoms with Gasteiger partial charge in [-0.05, 0) is 25.2 Å². The predicted octanol–water partition coefficient (Wildman–Crippen LogP) is 1.81. The normalized spacial score (nSPS) is 15.4. The van der Waals surface area contributed by atoms with Crippen LogP contribution in [0.3, 0.4) is 0 Å². The molecule has 1 N–H and O–H groups in total. The van der Waals surface area contributed by atoms with Gasteiger partial charge in [-0.3, -0.25) is 14.8 Å². The first-order chi connectivity index (χ1) is 11.2. The lowest BCUT2D eigenvalue weighted by Gasteiger charge is -2.31. The number of nitrogens with one attached hydrogen (secondary N) is 1. The van der Waals surface area contributed by atoms with E-state index in [1.807, 2.05) is 4.90 Å². The lowest BCUT2D eigenvalue weighted by atomic mass is 9.92. The maximum atomic E-state index is 11.4. The number of amides is 1. The van der Waals surface area contributed by atoms with Crippen molar-refractivity contribution in [3.05, 3.63) is 36.7 Å². The van der Waals surface area contributed by atoms with Crippen LogP contribution in [-0.4, -0.2) is 43.8 Å². The van der Waals surface area contributed by atoms with Gasteiger partial charge < -0.3 is 10.2 Å². The Morgan fingerprint density at radius 1 is 1.17 bits per heavy atom. The van der Waals surface area contributed by atoms with Crippen molar-refractivity contribution in [3.8, 4) is 0 Å². The highest BCUT2D eigenvalue weighted by atomic mass is 16.2. The molecular formula is C16H20N6O. The summed E-state index contributed by atoms with van der Waals surface area (Å²) in [6.45, 7) is 3.31. The molecule has 3 rings (SSSR count). The Balaban J connectivity index is 1.59. The molecule has 0 aliphatic carbocycles. The summed E-state index contributed by atoms with van der Waals surface area (Å²) in [7, 11) is 0. The van der Waals surface area contributed by atoms with Crippen molar-refractivity contribution in [2.45, 2.75) is 26.2 Å². The van der Waals surface area contributed by atoms with Gasteiger partial charge in [0.25, 0.3) is 0 Å². The molecule has 23 heavy (non-hydrogen) atoms. The zero-order valence-electron chi connectivity index (χ0n) is 13.1. The lowest BCUT2D eigenvalue weighted by molar-refractivity contribution is -0.130. The summed E-state index contributed by atoms with van der Waals surface area (Å²) in [5.74, 6) is 2.03. The molecular weight excluding hydrogens is 292 g/mol. The monoisotopic (exact) mass is 312 g/mol. The van der Waals surface area contributed by atoms with E-state index in [1.165, 1.54) is 0 Å². The number of piperidine rings is 1. The number of carbonyl (C=O) groups excluding carboxylic acids is 1. The summed E-state index contributed by atoms with van der Waals surface area (Å²) in [5, 5.41) is 3.10. The van der Waals surface area contributed by atoms with Crippen LogP contribution >= 0.6 is 0 Å². The molecule has 1 saturated heterocycles. The van der Waals surface area contributed by atoms with E-state index >= 15 is 0 Å². The fraction of sp³-hybridized carbons (Fsp3) is 0.438. The smallest absolute Gasteiger partial charge is 0.219 e. The second-order valence-corrected chi connectivity index (χ2v) is 5.76. The van der Waals surface area contributed by atoms with E-state index < -0.39 is 0 Å². The summed E-state index contributed by atoms with van der Waals surface area (Å²) in [4.78, 5) is 30.3. The number of aromatic nitrogens is 4. The molecule has 3 heterocycles. The third-order valence-corrected chi connectivity index (χ3v) is 4.06. The molecule has 0 unspecified atom stereocenters. The molecule has 1 aliphatic rings. The van der Waals surface area contributed by atoms with Crippen molar-refractivity contribution in [2.24, 2.45) is 5.92 Å². The van der Waals surface area contributed by atoms with E-state index in [0.717, 1.165) is 38.0 Å². The van der Waals surface area contributed by atoms with E-state index in [0.29, 0.717) is 17.6 Å². The molecule has 0 aromatic carbocycles. The molecule has 2 aromatic heterocycles. The fourth-order valence-corrected chi connectivity index (χ4v) is 2.81. The number of likely N-dealkylation sites (tertiary alicyclic amines) is 1. The summed E-state index contributed by atoms with van der Waals surface area (Å²) in [6, 6.07) is 0. The SMILES string of the molecule is CC(=O)N1CCC(Cc2cncc(Nc3cnccn3)n2)CC1. The number of hydrogen-bond acceptors (Lipinski definition) is 6. The van der Waals surface area contributed by atoms with Crippen molar-refractivity contribution in [1.82, 2.24) is 24.8 Å². The predicted molar refractivity (Wildman–Crippen MR) is 86.0 cm³/mol. The minimum atomic E-state index is 0.165. The maximum Gasteiger partial charge on any atom is 0.219 e. The van der Waals surface area contributed by atoms with Gasteiger partial charge in [-0.15, -0.1) is 0 Å². The number of carbonyl (C=O) groups is 1. The number of hydrogen-bond donors (Lipinski definition) is 1. The van der Waals surface area contributed by atoms with Gasteiger partial charge in [-0.1, -0.05) is 0 Å². The van der Waals surface area contributed by atoms with E-state index in [9.17, 15) is 4.79 Å². The average Bonchev–Trinajstić information content (AvgIpc) is 2.57. The van der Waals surface area contributed by atoms with Crippen LogP contribution < -0.4 is 5.32 Å². The Morgan fingerprint density at radius 3 is 2.65 bits per heavy atom. The molecule has 0 bridgehead atoms. The summed E-state index contributed by atoms with van der Waals surface area (Å²) < 4.78 is 0. The third-order valence-electron chi connectivity index (χ3n) is 4.06. The minimum Gasteiger partial charge on any atom is -0.343 e. The van der Waals surface area contributed by atoms with Crippen LogP contribution in [0.4, 0.5) is 11.6 Å². The van der Waals surface area contributed by atoms with Crippen LogP contribution in [0.15, 0.2) is 31.0 Å². The number of anilines is 2. The molecule has 1 amide bonds. The van der Waals surface area contributed by atoms with Crippen LogP contribution in [0.2, 0.25) is 0 Å². The minimum absolute atomic E-state index is 0.165. The zero-order chi connectivity index (χ0) is 16.1. The van der Waals surface area contributed by atoms with Gasteiger partial charge in [0.15, 0.2) is 0 Å². The lowest BCUT2D eigenvalue weighted by Crippen LogP contribution is -2.37. The Hall–Kier alpha value is -2.57. The van der Waals surface area contributed by atoms with Crippen molar-refractivity contribution < 1.29 is 4.79 Å². The van der Waals surface area contributed by atoms with Crippen LogP contribution in [-0.2, 0) is 11.2 Å². The summed E-state index contributed by atoms with van der Waals surface area (Å²) in [5.41, 5.74) is 0.958. The molecule has 1 fully saturated rings. The molecule has 0 radical (unpaired) electrons. The molecule has 1 aliphatic heterocycles. The first kappa shape index (κ1) is 15.3. The number of rotatable bonds is 4. The topological polar surface area (TPSA) is 83.9 Å². The van der Waals surface area contributed by atoms with E-state index in [4.69, 9.17) is 0 Å². The Bertz CT molecular complexity index is 655. The Labute approximate surface area is 135 Å². The van der Waals surface area contributed by atoms with E-state index in [2.05, 4.69) is 25.3 Å². The summed E-state index contributed by atoms with van der Waals surface area (Å²) >= 11 is 0. The second-order valence-electron chi connectivity index (χ2n) is 5.76. The highest BCUT2D eigenvalue weighted by Crippen LogP contribution is 2.21. The van der Waals surface area contributed by atoms with Crippen LogP contribution in [0, 0.1) is 5.92 Å². The van der Waals surface area contributed by atoms with Gasteiger partial charge in [0.05, 0.1) is 18.1 Å². The van der Waals surface area contributed by atoms with Crippen molar-refractivity contribution in [3.63, 3.8) is 0 Å². The van der Waals surface area contributed by atoms with Gasteiger partial charge >= 0.3 is 0 Å². The van der Waals surface area contributed by atoms with Gasteiger partial charge in [0.1, 0.15) is 11.6 Å². The van der Waals surface area contributed by atoms with Gasteiger partial charge in [-0.25, -0.2) is 9.97 Å². The maximum absolute atomic E-state index is 11.4. The molecule has 120 valence electrons. The standard InChI is InChI=1S/C16H20N6O/c1-12(23)22-6-2-13(3-7-22)8-14-9-18-11-16(20-14)21-15-10-17-4-5-19-15/h4-5,9-11,13H,2-3,6-8H2,1H3,(H,19,20,21). The molecule has 7 nitrogen and oxygen atoms in total. The number of nitrogens with zero attached hydrogens (tertiary/aromatic N) is 5. The first-order valence-electron chi connectivity index (χ1n) is 7.80. The van der Waals surface area contributed by atoms with E-state index in [-0.39, 0.29) is 5.91 Å². The van der Waals surface area contributed by atoms with E-state index in [1.54, 1.807) is 37.9 Å². The van der Waals surface area contributed by atoms with Crippen molar-refractivity contribution in [1.29, 1.82) is 0 Å². The Kier molecular flexibility index (Phi) is 4.75. The van der Waals surface area contributed by atoms with Gasteiger partial charge in [0.2, 0.25) is 5.91 Å². The summed E-state index contributed by atoms with van der Waals surface area (Å²) in [6.07, 6.45) is 11.3. The van der Waals surface area contributed by atoms with Crippen LogP contribution in [0.5, 0.6) is 0 Å².